The molecule has 4 nitrogen and oxygen atoms in total. The summed E-state index contributed by atoms with van der Waals surface area (Å²) >= 11 is 0. The van der Waals surface area contributed by atoms with Crippen molar-refractivity contribution >= 4 is 17.3 Å². The second-order valence-corrected chi connectivity index (χ2v) is 4.24. The molecule has 0 fully saturated rings. The molecule has 0 bridgehead atoms. The first-order valence-electron chi connectivity index (χ1n) is 6.09. The number of carbonyl (C=O) groups is 1. The first-order valence-corrected chi connectivity index (χ1v) is 6.09. The molecule has 98 valence electrons. The van der Waals surface area contributed by atoms with E-state index in [1.165, 1.54) is 6.07 Å². The number of nitrogen functional groups attached to an aromatic ring is 1. The van der Waals surface area contributed by atoms with Crippen molar-refractivity contribution in [3.05, 3.63) is 53.6 Å². The number of amides is 1. The summed E-state index contributed by atoms with van der Waals surface area (Å²) in [4.78, 5) is 12.0. The van der Waals surface area contributed by atoms with Gasteiger partial charge >= 0.3 is 0 Å². The van der Waals surface area contributed by atoms with Gasteiger partial charge in [-0.15, -0.1) is 0 Å². The molecule has 1 amide bonds. The van der Waals surface area contributed by atoms with E-state index in [1.807, 2.05) is 6.92 Å². The van der Waals surface area contributed by atoms with Crippen molar-refractivity contribution in [2.45, 2.75) is 13.3 Å². The van der Waals surface area contributed by atoms with Crippen molar-refractivity contribution in [3.8, 4) is 5.75 Å². The van der Waals surface area contributed by atoms with E-state index in [-0.39, 0.29) is 11.7 Å². The van der Waals surface area contributed by atoms with Crippen LogP contribution in [-0.4, -0.2) is 11.0 Å². The molecule has 19 heavy (non-hydrogen) atoms. The van der Waals surface area contributed by atoms with Gasteiger partial charge in [0.25, 0.3) is 5.91 Å². The summed E-state index contributed by atoms with van der Waals surface area (Å²) in [7, 11) is 0. The molecule has 0 aromatic heterocycles. The van der Waals surface area contributed by atoms with Gasteiger partial charge in [0.2, 0.25) is 0 Å². The zero-order valence-corrected chi connectivity index (χ0v) is 10.7. The zero-order chi connectivity index (χ0) is 13.8. The van der Waals surface area contributed by atoms with Gasteiger partial charge in [0.1, 0.15) is 5.75 Å². The zero-order valence-electron chi connectivity index (χ0n) is 10.7. The van der Waals surface area contributed by atoms with Crippen LogP contribution in [0.15, 0.2) is 42.5 Å². The van der Waals surface area contributed by atoms with Crippen LogP contribution in [0.5, 0.6) is 5.75 Å². The maximum Gasteiger partial charge on any atom is 0.257 e. The molecule has 0 saturated heterocycles. The van der Waals surface area contributed by atoms with E-state index < -0.39 is 0 Å². The monoisotopic (exact) mass is 256 g/mol. The number of hydrogen-bond acceptors (Lipinski definition) is 3. The molecule has 2 aromatic rings. The fourth-order valence-corrected chi connectivity index (χ4v) is 1.84. The lowest BCUT2D eigenvalue weighted by Crippen LogP contribution is -2.13. The van der Waals surface area contributed by atoms with Crippen LogP contribution in [-0.2, 0) is 6.42 Å². The highest BCUT2D eigenvalue weighted by molar-refractivity contribution is 6.07. The number of hydrogen-bond donors (Lipinski definition) is 3. The maximum absolute atomic E-state index is 12.0. The van der Waals surface area contributed by atoms with E-state index >= 15 is 0 Å². The lowest BCUT2D eigenvalue weighted by atomic mass is 10.1. The Balaban J connectivity index is 2.20. The standard InChI is InChI=1S/C15H16N2O2/c1-2-10-7-8-11(9-14(10)18)17-15(19)12-5-3-4-6-13(12)16/h3-9,18H,2,16H2,1H3,(H,17,19). The Morgan fingerprint density at radius 1 is 1.26 bits per heavy atom. The number of aromatic hydroxyl groups is 1. The summed E-state index contributed by atoms with van der Waals surface area (Å²) in [6.07, 6.45) is 0.742. The van der Waals surface area contributed by atoms with E-state index in [0.29, 0.717) is 16.9 Å². The van der Waals surface area contributed by atoms with Crippen molar-refractivity contribution in [1.82, 2.24) is 0 Å². The highest BCUT2D eigenvalue weighted by Gasteiger charge is 2.10. The van der Waals surface area contributed by atoms with Crippen molar-refractivity contribution in [2.24, 2.45) is 0 Å². The van der Waals surface area contributed by atoms with Crippen molar-refractivity contribution in [2.75, 3.05) is 11.1 Å². The van der Waals surface area contributed by atoms with Crippen LogP contribution >= 0.6 is 0 Å². The van der Waals surface area contributed by atoms with Gasteiger partial charge in [-0.25, -0.2) is 0 Å². The van der Waals surface area contributed by atoms with Gasteiger partial charge in [0.15, 0.2) is 0 Å². The number of phenolic OH excluding ortho intramolecular Hbond substituents is 1. The van der Waals surface area contributed by atoms with E-state index in [2.05, 4.69) is 5.32 Å². The van der Waals surface area contributed by atoms with Crippen LogP contribution in [0.25, 0.3) is 0 Å². The number of phenols is 1. The van der Waals surface area contributed by atoms with E-state index in [4.69, 9.17) is 5.73 Å². The number of nitrogens with two attached hydrogens (primary N) is 1. The summed E-state index contributed by atoms with van der Waals surface area (Å²) < 4.78 is 0. The first kappa shape index (κ1) is 13.0. The fraction of sp³-hybridized carbons (Fsp3) is 0.133. The summed E-state index contributed by atoms with van der Waals surface area (Å²) in [6, 6.07) is 11.9. The van der Waals surface area contributed by atoms with Crippen molar-refractivity contribution in [3.63, 3.8) is 0 Å². The predicted octanol–water partition coefficient (Wildman–Crippen LogP) is 2.79. The molecule has 2 aromatic carbocycles. The number of anilines is 2. The molecule has 0 aliphatic heterocycles. The molecule has 0 radical (unpaired) electrons. The summed E-state index contributed by atoms with van der Waals surface area (Å²) in [5.41, 5.74) is 7.97. The number of nitrogens with one attached hydrogen (secondary N) is 1. The second-order valence-electron chi connectivity index (χ2n) is 4.24. The summed E-state index contributed by atoms with van der Waals surface area (Å²) in [5, 5.41) is 12.5. The third-order valence-corrected chi connectivity index (χ3v) is 2.93. The Labute approximate surface area is 111 Å². The Morgan fingerprint density at radius 3 is 2.63 bits per heavy atom. The molecule has 0 saturated carbocycles. The van der Waals surface area contributed by atoms with E-state index in [0.717, 1.165) is 12.0 Å². The molecule has 0 atom stereocenters. The Kier molecular flexibility index (Phi) is 3.71. The third-order valence-electron chi connectivity index (χ3n) is 2.93. The quantitative estimate of drug-likeness (QED) is 0.739. The molecule has 4 heteroatoms. The van der Waals surface area contributed by atoms with E-state index in [1.54, 1.807) is 36.4 Å². The normalized spacial score (nSPS) is 10.2. The van der Waals surface area contributed by atoms with Gasteiger partial charge < -0.3 is 16.2 Å². The lowest BCUT2D eigenvalue weighted by Gasteiger charge is -2.09. The second kappa shape index (κ2) is 5.44. The minimum Gasteiger partial charge on any atom is -0.508 e. The average molecular weight is 256 g/mol. The van der Waals surface area contributed by atoms with Crippen molar-refractivity contribution in [1.29, 1.82) is 0 Å². The molecule has 0 heterocycles. The number of carbonyl (C=O) groups excluding carboxylic acids is 1. The smallest absolute Gasteiger partial charge is 0.257 e. The van der Waals surface area contributed by atoms with Crippen LogP contribution in [0.2, 0.25) is 0 Å². The minimum atomic E-state index is -0.290. The van der Waals surface area contributed by atoms with Crippen LogP contribution in [0.3, 0.4) is 0 Å². The number of aryl methyl sites for hydroxylation is 1. The van der Waals surface area contributed by atoms with Crippen LogP contribution in [0.4, 0.5) is 11.4 Å². The molecule has 4 N–H and O–H groups in total. The number of rotatable bonds is 3. The van der Waals surface area contributed by atoms with Gasteiger partial charge in [-0.3, -0.25) is 4.79 Å². The topological polar surface area (TPSA) is 75.4 Å². The largest absolute Gasteiger partial charge is 0.508 e. The van der Waals surface area contributed by atoms with Gasteiger partial charge in [-0.1, -0.05) is 25.1 Å². The van der Waals surface area contributed by atoms with Gasteiger partial charge in [0.05, 0.1) is 5.56 Å². The predicted molar refractivity (Wildman–Crippen MR) is 76.3 cm³/mol. The fourth-order valence-electron chi connectivity index (χ4n) is 1.84. The van der Waals surface area contributed by atoms with Crippen LogP contribution in [0.1, 0.15) is 22.8 Å². The minimum absolute atomic E-state index is 0.182. The average Bonchev–Trinajstić information content (AvgIpc) is 2.39. The van der Waals surface area contributed by atoms with Gasteiger partial charge in [-0.2, -0.15) is 0 Å². The molecular weight excluding hydrogens is 240 g/mol. The Morgan fingerprint density at radius 2 is 2.00 bits per heavy atom. The molecule has 0 unspecified atom stereocenters. The number of para-hydroxylation sites is 1. The third kappa shape index (κ3) is 2.85. The molecule has 0 spiro atoms. The molecule has 0 aliphatic rings. The molecule has 0 aliphatic carbocycles. The molecule has 2 rings (SSSR count). The van der Waals surface area contributed by atoms with Crippen LogP contribution < -0.4 is 11.1 Å². The van der Waals surface area contributed by atoms with Crippen LogP contribution in [0, 0.1) is 0 Å². The lowest BCUT2D eigenvalue weighted by molar-refractivity contribution is 0.102. The van der Waals surface area contributed by atoms with Gasteiger partial charge in [0, 0.05) is 17.4 Å². The highest BCUT2D eigenvalue weighted by atomic mass is 16.3. The summed E-state index contributed by atoms with van der Waals surface area (Å²) in [5.74, 6) is -0.108. The SMILES string of the molecule is CCc1ccc(NC(=O)c2ccccc2N)cc1O. The van der Waals surface area contributed by atoms with Crippen molar-refractivity contribution < 1.29 is 9.90 Å². The highest BCUT2D eigenvalue weighted by Crippen LogP contribution is 2.23. The van der Waals surface area contributed by atoms with Gasteiger partial charge in [-0.05, 0) is 30.2 Å². The number of benzene rings is 2. The Hall–Kier alpha value is -2.49. The Bertz CT molecular complexity index is 609. The molecular formula is C15H16N2O2. The maximum atomic E-state index is 12.0. The summed E-state index contributed by atoms with van der Waals surface area (Å²) in [6.45, 7) is 1.96. The first-order chi connectivity index (χ1) is 9.11. The van der Waals surface area contributed by atoms with E-state index in [9.17, 15) is 9.90 Å².